The molecule has 1 fully saturated rings. The lowest BCUT2D eigenvalue weighted by molar-refractivity contribution is -0.136. The fourth-order valence-electron chi connectivity index (χ4n) is 3.44. The largest absolute Gasteiger partial charge is 0.497 e. The summed E-state index contributed by atoms with van der Waals surface area (Å²) in [6, 6.07) is 10.4. The third kappa shape index (κ3) is 3.68. The number of hydrogen-bond acceptors (Lipinski definition) is 5. The van der Waals surface area contributed by atoms with E-state index in [4.69, 9.17) is 9.47 Å². The Morgan fingerprint density at radius 3 is 2.33 bits per heavy atom. The van der Waals surface area contributed by atoms with Gasteiger partial charge in [0.05, 0.1) is 14.2 Å². The van der Waals surface area contributed by atoms with Crippen LogP contribution >= 0.6 is 0 Å². The van der Waals surface area contributed by atoms with Gasteiger partial charge in [-0.1, -0.05) is 6.07 Å². The van der Waals surface area contributed by atoms with E-state index in [1.54, 1.807) is 63.6 Å². The summed E-state index contributed by atoms with van der Waals surface area (Å²) in [5.41, 5.74) is 0.711. The maximum Gasteiger partial charge on any atom is 0.326 e. The van der Waals surface area contributed by atoms with E-state index in [1.807, 2.05) is 6.92 Å². The summed E-state index contributed by atoms with van der Waals surface area (Å²) in [4.78, 5) is 39.5. The van der Waals surface area contributed by atoms with Crippen molar-refractivity contribution in [3.05, 3.63) is 53.6 Å². The molecule has 1 saturated heterocycles. The summed E-state index contributed by atoms with van der Waals surface area (Å²) in [6.07, 6.45) is 0. The molecule has 2 aromatic rings. The highest BCUT2D eigenvalue weighted by Gasteiger charge is 2.51. The van der Waals surface area contributed by atoms with Crippen molar-refractivity contribution in [1.82, 2.24) is 10.2 Å². The molecule has 0 aliphatic carbocycles. The fourth-order valence-corrected chi connectivity index (χ4v) is 3.44. The molecule has 0 aromatic heterocycles. The molecule has 4 amide bonds. The Morgan fingerprint density at radius 1 is 1.10 bits per heavy atom. The van der Waals surface area contributed by atoms with Crippen LogP contribution in [0.3, 0.4) is 0 Å². The Morgan fingerprint density at radius 2 is 1.77 bits per heavy atom. The lowest BCUT2D eigenvalue weighted by Gasteiger charge is -2.25. The topological polar surface area (TPSA) is 97.0 Å². The van der Waals surface area contributed by atoms with Crippen molar-refractivity contribution in [3.8, 4) is 11.5 Å². The van der Waals surface area contributed by atoms with E-state index in [0.717, 1.165) is 10.5 Å². The van der Waals surface area contributed by atoms with Gasteiger partial charge in [-0.15, -0.1) is 0 Å². The molecular formula is C22H25N3O5. The molecule has 1 heterocycles. The van der Waals surface area contributed by atoms with Crippen LogP contribution in [0.4, 0.5) is 10.5 Å². The number of carbonyl (C=O) groups excluding carboxylic acids is 3. The Balaban J connectivity index is 1.80. The maximum atomic E-state index is 13.2. The lowest BCUT2D eigenvalue weighted by Crippen LogP contribution is -2.47. The van der Waals surface area contributed by atoms with Crippen molar-refractivity contribution in [2.75, 3.05) is 19.5 Å². The number of nitrogens with one attached hydrogen (secondary N) is 2. The average molecular weight is 411 g/mol. The van der Waals surface area contributed by atoms with Gasteiger partial charge in [0.2, 0.25) is 5.91 Å². The van der Waals surface area contributed by atoms with Crippen LogP contribution in [0.25, 0.3) is 0 Å². The minimum Gasteiger partial charge on any atom is -0.497 e. The van der Waals surface area contributed by atoms with Crippen LogP contribution < -0.4 is 20.1 Å². The van der Waals surface area contributed by atoms with Crippen LogP contribution in [-0.4, -0.2) is 43.0 Å². The fraction of sp³-hybridized carbons (Fsp3) is 0.318. The Labute approximate surface area is 175 Å². The average Bonchev–Trinajstić information content (AvgIpc) is 2.97. The zero-order valence-corrected chi connectivity index (χ0v) is 17.6. The zero-order chi connectivity index (χ0) is 22.1. The molecular weight excluding hydrogens is 386 g/mol. The molecule has 1 aliphatic rings. The normalized spacial score (nSPS) is 19.3. The van der Waals surface area contributed by atoms with Crippen LogP contribution in [0.15, 0.2) is 42.5 Å². The third-order valence-corrected chi connectivity index (χ3v) is 5.32. The van der Waals surface area contributed by atoms with Gasteiger partial charge in [0.1, 0.15) is 23.1 Å². The minimum atomic E-state index is -1.28. The van der Waals surface area contributed by atoms with E-state index < -0.39 is 29.4 Å². The number of aryl methyl sites for hydroxylation is 1. The van der Waals surface area contributed by atoms with E-state index in [2.05, 4.69) is 10.6 Å². The first kappa shape index (κ1) is 21.2. The van der Waals surface area contributed by atoms with Crippen molar-refractivity contribution in [2.24, 2.45) is 0 Å². The van der Waals surface area contributed by atoms with Gasteiger partial charge in [-0.05, 0) is 68.3 Å². The monoisotopic (exact) mass is 411 g/mol. The first-order valence-electron chi connectivity index (χ1n) is 9.47. The first-order chi connectivity index (χ1) is 14.2. The molecule has 0 spiro atoms. The van der Waals surface area contributed by atoms with Crippen LogP contribution in [-0.2, 0) is 15.1 Å². The van der Waals surface area contributed by atoms with Crippen molar-refractivity contribution in [1.29, 1.82) is 0 Å². The van der Waals surface area contributed by atoms with Crippen molar-refractivity contribution >= 4 is 23.5 Å². The smallest absolute Gasteiger partial charge is 0.326 e. The van der Waals surface area contributed by atoms with Gasteiger partial charge in [-0.25, -0.2) is 9.69 Å². The van der Waals surface area contributed by atoms with Gasteiger partial charge >= 0.3 is 6.03 Å². The molecule has 2 atom stereocenters. The highest BCUT2D eigenvalue weighted by molar-refractivity contribution is 6.11. The number of hydrogen-bond donors (Lipinski definition) is 2. The van der Waals surface area contributed by atoms with Crippen molar-refractivity contribution < 1.29 is 23.9 Å². The molecule has 158 valence electrons. The van der Waals surface area contributed by atoms with Gasteiger partial charge in [0.25, 0.3) is 5.91 Å². The third-order valence-electron chi connectivity index (χ3n) is 5.32. The van der Waals surface area contributed by atoms with E-state index in [0.29, 0.717) is 22.7 Å². The molecule has 0 saturated carbocycles. The number of methoxy groups -OCH3 is 2. The SMILES string of the molecule is COc1ccc(NC(=O)C(C)N2C(=O)NC(C)(c3ccc(OC)c(C)c3)C2=O)cc1. The summed E-state index contributed by atoms with van der Waals surface area (Å²) in [5.74, 6) is 0.372. The number of benzene rings is 2. The highest BCUT2D eigenvalue weighted by Crippen LogP contribution is 2.32. The van der Waals surface area contributed by atoms with E-state index in [1.165, 1.54) is 6.92 Å². The summed E-state index contributed by atoms with van der Waals surface area (Å²) < 4.78 is 10.4. The number of amides is 4. The molecule has 2 aromatic carbocycles. The van der Waals surface area contributed by atoms with Gasteiger partial charge in [0.15, 0.2) is 0 Å². The number of urea groups is 1. The summed E-state index contributed by atoms with van der Waals surface area (Å²) >= 11 is 0. The highest BCUT2D eigenvalue weighted by atomic mass is 16.5. The second-order valence-electron chi connectivity index (χ2n) is 7.31. The van der Waals surface area contributed by atoms with Gasteiger partial charge in [0, 0.05) is 5.69 Å². The number of rotatable bonds is 6. The number of ether oxygens (including phenoxy) is 2. The molecule has 2 N–H and O–H groups in total. The molecule has 1 aliphatic heterocycles. The Hall–Kier alpha value is -3.55. The van der Waals surface area contributed by atoms with Crippen molar-refractivity contribution in [3.63, 3.8) is 0 Å². The standard InChI is InChI=1S/C22H25N3O5/c1-13-12-15(6-11-18(13)30-5)22(3)20(27)25(21(28)24-22)14(2)19(26)23-16-7-9-17(29-4)10-8-16/h6-12,14H,1-5H3,(H,23,26)(H,24,28). The number of anilines is 1. The molecule has 8 heteroatoms. The Bertz CT molecular complexity index is 989. The van der Waals surface area contributed by atoms with Crippen LogP contribution in [0.1, 0.15) is 25.0 Å². The quantitative estimate of drug-likeness (QED) is 0.713. The molecule has 0 radical (unpaired) electrons. The molecule has 30 heavy (non-hydrogen) atoms. The summed E-state index contributed by atoms with van der Waals surface area (Å²) in [6.45, 7) is 5.00. The van der Waals surface area contributed by atoms with Crippen LogP contribution in [0, 0.1) is 6.92 Å². The zero-order valence-electron chi connectivity index (χ0n) is 17.6. The van der Waals surface area contributed by atoms with Gasteiger partial charge in [-0.3, -0.25) is 9.59 Å². The summed E-state index contributed by atoms with van der Waals surface area (Å²) in [7, 11) is 3.12. The lowest BCUT2D eigenvalue weighted by atomic mass is 9.90. The van der Waals surface area contributed by atoms with Crippen LogP contribution in [0.5, 0.6) is 11.5 Å². The number of carbonyl (C=O) groups is 3. The van der Waals surface area contributed by atoms with E-state index >= 15 is 0 Å². The van der Waals surface area contributed by atoms with E-state index in [9.17, 15) is 14.4 Å². The second-order valence-corrected chi connectivity index (χ2v) is 7.31. The van der Waals surface area contributed by atoms with Crippen LogP contribution in [0.2, 0.25) is 0 Å². The van der Waals surface area contributed by atoms with E-state index in [-0.39, 0.29) is 0 Å². The Kier molecular flexibility index (Phi) is 5.69. The number of imide groups is 1. The summed E-state index contributed by atoms with van der Waals surface area (Å²) in [5, 5.41) is 5.44. The number of nitrogens with zero attached hydrogens (tertiary/aromatic N) is 1. The first-order valence-corrected chi connectivity index (χ1v) is 9.47. The molecule has 3 rings (SSSR count). The van der Waals surface area contributed by atoms with Crippen molar-refractivity contribution in [2.45, 2.75) is 32.4 Å². The predicted molar refractivity (Wildman–Crippen MR) is 112 cm³/mol. The van der Waals surface area contributed by atoms with Gasteiger partial charge < -0.3 is 20.1 Å². The van der Waals surface area contributed by atoms with Gasteiger partial charge in [-0.2, -0.15) is 0 Å². The predicted octanol–water partition coefficient (Wildman–Crippen LogP) is 2.81. The molecule has 2 unspecified atom stereocenters. The molecule has 8 nitrogen and oxygen atoms in total. The minimum absolute atomic E-state index is 0.473. The maximum absolute atomic E-state index is 13.2. The second kappa shape index (κ2) is 8.06. The molecule has 0 bridgehead atoms.